The Labute approximate surface area is 404 Å². The van der Waals surface area contributed by atoms with Crippen LogP contribution in [-0.2, 0) is 31.0 Å². The van der Waals surface area contributed by atoms with Crippen molar-refractivity contribution in [2.45, 2.75) is 112 Å². The van der Waals surface area contributed by atoms with Crippen molar-refractivity contribution in [2.75, 3.05) is 52.3 Å². The summed E-state index contributed by atoms with van der Waals surface area (Å²) in [6, 6.07) is 5.46. The fourth-order valence-electron chi connectivity index (χ4n) is 13.3. The lowest BCUT2D eigenvalue weighted by Gasteiger charge is -2.59. The quantitative estimate of drug-likeness (QED) is 0.0399. The summed E-state index contributed by atoms with van der Waals surface area (Å²) in [6.45, 7) is 3.31. The highest BCUT2D eigenvalue weighted by molar-refractivity contribution is 8.77. The van der Waals surface area contributed by atoms with Gasteiger partial charge in [0.05, 0.1) is 30.8 Å². The third-order valence-electron chi connectivity index (χ3n) is 16.9. The predicted octanol–water partition coefficient (Wildman–Crippen LogP) is 3.94. The Hall–Kier alpha value is -4.10. The second kappa shape index (κ2) is 19.6. The van der Waals surface area contributed by atoms with Gasteiger partial charge in [-0.25, -0.2) is 9.59 Å². The Kier molecular flexibility index (Phi) is 14.1. The van der Waals surface area contributed by atoms with Crippen LogP contribution in [0.25, 0.3) is 11.0 Å². The normalized spacial score (nSPS) is 32.7. The van der Waals surface area contributed by atoms with E-state index < -0.39 is 46.7 Å². The van der Waals surface area contributed by atoms with E-state index in [-0.39, 0.29) is 97.8 Å². The summed E-state index contributed by atoms with van der Waals surface area (Å²) in [4.78, 5) is 57.8. The number of fused-ring (bicyclic) bond motifs is 5. The first-order valence-corrected chi connectivity index (χ1v) is 26.7. The minimum absolute atomic E-state index is 0.0133. The second-order valence-corrected chi connectivity index (χ2v) is 22.7. The molecule has 9 rings (SSSR count). The third-order valence-corrected chi connectivity index (χ3v) is 19.7. The molecule has 1 saturated heterocycles. The number of dihydropyridines is 1. The van der Waals surface area contributed by atoms with Crippen molar-refractivity contribution >= 4 is 50.7 Å². The Morgan fingerprint density at radius 2 is 1.93 bits per heavy atom. The lowest BCUT2D eigenvalue weighted by molar-refractivity contribution is -0.202. The Balaban J connectivity index is 1.22. The van der Waals surface area contributed by atoms with Gasteiger partial charge in [-0.3, -0.25) is 4.79 Å². The molecule has 1 aromatic carbocycles. The van der Waals surface area contributed by atoms with Gasteiger partial charge >= 0.3 is 11.6 Å². The van der Waals surface area contributed by atoms with Gasteiger partial charge < -0.3 is 60.4 Å². The lowest BCUT2D eigenvalue weighted by atomic mass is 9.57. The summed E-state index contributed by atoms with van der Waals surface area (Å²) in [5.41, 5.74) is 6.61. The van der Waals surface area contributed by atoms with Crippen molar-refractivity contribution < 1.29 is 48.7 Å². The van der Waals surface area contributed by atoms with Gasteiger partial charge in [0.25, 0.3) is 0 Å². The standard InChI is InChI=1S/C51H66N4O11S2/c1-4-28(8-12-56)47(62)66-49(2)35(26-60)15-33-27-67-68-41-17-32(24-58)45(53-3)37-23-55(46(37)41)43(61)18-31-22-54-42(52)19-36(31)44(33)51(49)21-30-14-29-16-38(48(63)64-39(29)20-40(30)65-51)50(10-6-5-7-11-50)34(25-59)9-13-57/h4,14-16,19-20,24,32,34-35,37,41,44-46,53-54,56-57,59-60H,5-13,17-18,21-23,25-27,52H2,1-3H3. The number of allylic oxidation sites excluding steroid dienone is 2. The first-order valence-electron chi connectivity index (χ1n) is 24.3. The molecule has 1 aromatic heterocycles. The fraction of sp³-hybridized carbons (Fsp3) is 0.608. The molecule has 368 valence electrons. The van der Waals surface area contributed by atoms with Gasteiger partial charge in [0, 0.05) is 109 Å². The number of carbonyl (C=O) groups excluding carboxylic acids is 3. The summed E-state index contributed by atoms with van der Waals surface area (Å²) in [7, 11) is 5.20. The van der Waals surface area contributed by atoms with E-state index in [0.29, 0.717) is 60.5 Å². The number of ether oxygens (including phenoxy) is 2. The average molecular weight is 975 g/mol. The van der Waals surface area contributed by atoms with Gasteiger partial charge in [0.1, 0.15) is 17.6 Å². The molecule has 1 amide bonds. The molecule has 10 unspecified atom stereocenters. The van der Waals surface area contributed by atoms with Crippen molar-refractivity contribution in [3.63, 3.8) is 0 Å². The lowest BCUT2D eigenvalue weighted by Crippen LogP contribution is -2.71. The summed E-state index contributed by atoms with van der Waals surface area (Å²) >= 11 is 0. The topological polar surface area (TPSA) is 234 Å². The number of carbonyl (C=O) groups is 3. The smallest absolute Gasteiger partial charge is 0.340 e. The van der Waals surface area contributed by atoms with E-state index in [1.807, 2.05) is 36.2 Å². The zero-order valence-electron chi connectivity index (χ0n) is 39.2. The van der Waals surface area contributed by atoms with Crippen LogP contribution in [0.4, 0.5) is 0 Å². The summed E-state index contributed by atoms with van der Waals surface area (Å²) in [5.74, 6) is -1.35. The van der Waals surface area contributed by atoms with Crippen molar-refractivity contribution in [2.24, 2.45) is 35.3 Å². The highest BCUT2D eigenvalue weighted by Gasteiger charge is 2.67. The minimum atomic E-state index is -1.60. The van der Waals surface area contributed by atoms with Gasteiger partial charge in [0.2, 0.25) is 5.91 Å². The highest BCUT2D eigenvalue weighted by Crippen LogP contribution is 2.60. The number of aldehydes is 1. The molecular formula is C51H66N4O11S2. The first kappa shape index (κ1) is 48.9. The van der Waals surface area contributed by atoms with E-state index in [1.54, 1.807) is 47.6 Å². The first-order chi connectivity index (χ1) is 32.8. The molecule has 7 aliphatic rings. The van der Waals surface area contributed by atoms with Gasteiger partial charge in [-0.15, -0.1) is 0 Å². The molecule has 68 heavy (non-hydrogen) atoms. The fourth-order valence-corrected chi connectivity index (χ4v) is 16.5. The third kappa shape index (κ3) is 8.05. The summed E-state index contributed by atoms with van der Waals surface area (Å²) in [5, 5.41) is 49.5. The molecule has 0 radical (unpaired) electrons. The van der Waals surface area contributed by atoms with Gasteiger partial charge in [-0.1, -0.05) is 58.6 Å². The van der Waals surface area contributed by atoms with Crippen LogP contribution in [0.1, 0.15) is 82.8 Å². The molecule has 10 atom stereocenters. The predicted molar refractivity (Wildman–Crippen MR) is 260 cm³/mol. The maximum Gasteiger partial charge on any atom is 0.340 e. The number of nitrogens with one attached hydrogen (secondary N) is 2. The van der Waals surface area contributed by atoms with E-state index in [9.17, 15) is 39.6 Å². The number of esters is 1. The molecule has 0 bridgehead atoms. The molecule has 2 aromatic rings. The van der Waals surface area contributed by atoms with Gasteiger partial charge in [-0.05, 0) is 87.4 Å². The second-order valence-electron chi connectivity index (χ2n) is 20.1. The summed E-state index contributed by atoms with van der Waals surface area (Å²) in [6.07, 6.45) is 11.9. The van der Waals surface area contributed by atoms with Crippen molar-refractivity contribution in [3.8, 4) is 5.75 Å². The number of aliphatic hydroxyl groups excluding tert-OH is 4. The maximum atomic E-state index is 14.7. The zero-order valence-corrected chi connectivity index (χ0v) is 40.8. The van der Waals surface area contributed by atoms with Crippen molar-refractivity contribution in [1.29, 1.82) is 0 Å². The number of hydrogen-bond donors (Lipinski definition) is 7. The van der Waals surface area contributed by atoms with E-state index in [0.717, 1.165) is 47.8 Å². The van der Waals surface area contributed by atoms with E-state index >= 15 is 0 Å². The molecular weight excluding hydrogens is 909 g/mol. The minimum Gasteiger partial charge on any atom is -0.481 e. The molecule has 15 nitrogen and oxygen atoms in total. The monoisotopic (exact) mass is 974 g/mol. The number of nitrogens with two attached hydrogens (primary N) is 1. The van der Waals surface area contributed by atoms with Gasteiger partial charge in [0.15, 0.2) is 11.2 Å². The molecule has 4 aliphatic heterocycles. The Bertz CT molecular complexity index is 2500. The molecule has 1 spiro atoms. The van der Waals surface area contributed by atoms with E-state index in [2.05, 4.69) is 10.6 Å². The number of rotatable bonds is 12. The number of nitrogens with zero attached hydrogens (tertiary/aromatic N) is 1. The highest BCUT2D eigenvalue weighted by atomic mass is 33.1. The zero-order chi connectivity index (χ0) is 48.1. The van der Waals surface area contributed by atoms with Crippen LogP contribution in [-0.4, -0.2) is 124 Å². The van der Waals surface area contributed by atoms with Crippen LogP contribution in [0.3, 0.4) is 0 Å². The number of aliphatic hydroxyl groups is 4. The van der Waals surface area contributed by atoms with E-state index in [4.69, 9.17) is 19.6 Å². The molecule has 8 N–H and O–H groups in total. The average Bonchev–Trinajstić information content (AvgIpc) is 3.69. The Morgan fingerprint density at radius 3 is 2.62 bits per heavy atom. The van der Waals surface area contributed by atoms with Crippen LogP contribution < -0.4 is 26.7 Å². The molecule has 3 aliphatic carbocycles. The SMILES string of the molecule is CC=C(CCO)C(=O)OC1(C)C(CO)C=C2CSSC3CC(C=O)C(NC)C4CN(C(=O)CC5=C(C=C(N)NC5)C2C12Cc1cc5cc(C6(C(CO)CCO)CCCCC6)c(=O)oc5cc1O2)C34. The largest absolute Gasteiger partial charge is 0.481 e. The van der Waals surface area contributed by atoms with E-state index in [1.165, 1.54) is 0 Å². The number of hydrogen-bond acceptors (Lipinski definition) is 16. The number of benzene rings is 1. The van der Waals surface area contributed by atoms with Crippen LogP contribution in [0.5, 0.6) is 5.75 Å². The van der Waals surface area contributed by atoms with Crippen LogP contribution in [0.2, 0.25) is 0 Å². The van der Waals surface area contributed by atoms with Gasteiger partial charge in [-0.2, -0.15) is 0 Å². The molecule has 17 heteroatoms. The van der Waals surface area contributed by atoms with Crippen LogP contribution >= 0.6 is 21.6 Å². The van der Waals surface area contributed by atoms with Crippen LogP contribution in [0.15, 0.2) is 73.8 Å². The van der Waals surface area contributed by atoms with Crippen molar-refractivity contribution in [1.82, 2.24) is 15.5 Å². The molecule has 2 saturated carbocycles. The summed E-state index contributed by atoms with van der Waals surface area (Å²) < 4.78 is 20.4. The molecule has 5 heterocycles. The van der Waals surface area contributed by atoms with Crippen molar-refractivity contribution in [3.05, 3.63) is 86.1 Å². The number of amides is 1. The van der Waals surface area contributed by atoms with Crippen LogP contribution in [0, 0.1) is 29.6 Å². The Morgan fingerprint density at radius 1 is 1.13 bits per heavy atom. The maximum absolute atomic E-state index is 14.7. The molecule has 3 fully saturated rings.